The van der Waals surface area contributed by atoms with Crippen molar-refractivity contribution in [2.45, 2.75) is 25.0 Å². The predicted octanol–water partition coefficient (Wildman–Crippen LogP) is 2.33. The summed E-state index contributed by atoms with van der Waals surface area (Å²) < 4.78 is 0. The molecule has 7 nitrogen and oxygen atoms in total. The van der Waals surface area contributed by atoms with Crippen LogP contribution in [0.15, 0.2) is 54.6 Å². The second-order valence-corrected chi connectivity index (χ2v) is 5.69. The Hall–Kier alpha value is -3.19. The van der Waals surface area contributed by atoms with Crippen LogP contribution in [0, 0.1) is 0 Å². The molecule has 0 amide bonds. The fourth-order valence-corrected chi connectivity index (χ4v) is 2.47. The summed E-state index contributed by atoms with van der Waals surface area (Å²) in [6.07, 6.45) is -1.86. The number of nitrogens with one attached hydrogen (secondary N) is 1. The summed E-state index contributed by atoms with van der Waals surface area (Å²) >= 11 is 0. The lowest BCUT2D eigenvalue weighted by molar-refractivity contribution is -0.139. The van der Waals surface area contributed by atoms with Crippen molar-refractivity contribution in [3.05, 3.63) is 65.7 Å². The van der Waals surface area contributed by atoms with E-state index in [1.165, 1.54) is 12.1 Å². The first kappa shape index (κ1) is 19.1. The Morgan fingerprint density at radius 1 is 0.923 bits per heavy atom. The molecule has 0 fully saturated rings. The maximum atomic E-state index is 12.7. The van der Waals surface area contributed by atoms with Gasteiger partial charge in [-0.2, -0.15) is 0 Å². The number of aliphatic hydroxyl groups is 1. The molecule has 0 aliphatic rings. The minimum Gasteiger partial charge on any atom is -0.481 e. The summed E-state index contributed by atoms with van der Waals surface area (Å²) in [4.78, 5) is 34.7. The normalized spacial score (nSPS) is 12.8. The summed E-state index contributed by atoms with van der Waals surface area (Å²) in [5.74, 6) is -2.92. The molecular weight excluding hydrogens is 338 g/mol. The van der Waals surface area contributed by atoms with Gasteiger partial charge in [0.25, 0.3) is 0 Å². The highest BCUT2D eigenvalue weighted by Gasteiger charge is 2.24. The molecular formula is C19H19NO6. The second-order valence-electron chi connectivity index (χ2n) is 5.69. The number of aliphatic hydroxyl groups excluding tert-OH is 1. The molecule has 0 bridgehead atoms. The molecule has 2 aromatic rings. The maximum absolute atomic E-state index is 12.7. The van der Waals surface area contributed by atoms with Crippen LogP contribution in [0.4, 0.5) is 5.69 Å². The first-order chi connectivity index (χ1) is 12.4. The van der Waals surface area contributed by atoms with Crippen molar-refractivity contribution >= 4 is 23.4 Å². The Bertz CT molecular complexity index is 790. The van der Waals surface area contributed by atoms with E-state index in [2.05, 4.69) is 5.32 Å². The number of benzene rings is 2. The zero-order valence-electron chi connectivity index (χ0n) is 13.8. The van der Waals surface area contributed by atoms with Gasteiger partial charge < -0.3 is 20.6 Å². The van der Waals surface area contributed by atoms with Gasteiger partial charge in [-0.15, -0.1) is 0 Å². The largest absolute Gasteiger partial charge is 0.481 e. The minimum absolute atomic E-state index is 0.130. The van der Waals surface area contributed by atoms with Crippen LogP contribution in [0.3, 0.4) is 0 Å². The van der Waals surface area contributed by atoms with Gasteiger partial charge in [0.15, 0.2) is 5.78 Å². The first-order valence-corrected chi connectivity index (χ1v) is 7.97. The molecule has 0 saturated heterocycles. The Balaban J connectivity index is 2.24. The van der Waals surface area contributed by atoms with Gasteiger partial charge in [-0.3, -0.25) is 9.59 Å². The van der Waals surface area contributed by atoms with Gasteiger partial charge in [0, 0.05) is 17.7 Å². The van der Waals surface area contributed by atoms with Crippen LogP contribution in [-0.4, -0.2) is 39.1 Å². The molecule has 2 aromatic carbocycles. The zero-order chi connectivity index (χ0) is 19.1. The number of carboxylic acids is 2. The summed E-state index contributed by atoms with van der Waals surface area (Å²) in [6, 6.07) is 13.4. The summed E-state index contributed by atoms with van der Waals surface area (Å²) in [7, 11) is 0. The van der Waals surface area contributed by atoms with E-state index >= 15 is 0 Å². The number of rotatable bonds is 9. The van der Waals surface area contributed by atoms with Gasteiger partial charge in [0.2, 0.25) is 0 Å². The van der Waals surface area contributed by atoms with Crippen LogP contribution < -0.4 is 5.32 Å². The molecule has 0 spiro atoms. The summed E-state index contributed by atoms with van der Waals surface area (Å²) in [6.45, 7) is 0. The third kappa shape index (κ3) is 4.90. The molecule has 2 atom stereocenters. The lowest BCUT2D eigenvalue weighted by atomic mass is 9.98. The molecule has 136 valence electrons. The van der Waals surface area contributed by atoms with Crippen LogP contribution >= 0.6 is 0 Å². The fourth-order valence-electron chi connectivity index (χ4n) is 2.47. The van der Waals surface area contributed by atoms with Gasteiger partial charge in [0.1, 0.15) is 12.1 Å². The average Bonchev–Trinajstić information content (AvgIpc) is 2.64. The quantitative estimate of drug-likeness (QED) is 0.508. The summed E-state index contributed by atoms with van der Waals surface area (Å²) in [5.41, 5.74) is 0.781. The number of hydrogen-bond acceptors (Lipinski definition) is 5. The fraction of sp³-hybridized carbons (Fsp3) is 0.211. The molecule has 1 unspecified atom stereocenters. The van der Waals surface area contributed by atoms with E-state index in [4.69, 9.17) is 5.11 Å². The monoisotopic (exact) mass is 357 g/mol. The highest BCUT2D eigenvalue weighted by atomic mass is 16.4. The smallest absolute Gasteiger partial charge is 0.326 e. The van der Waals surface area contributed by atoms with Crippen molar-refractivity contribution in [1.29, 1.82) is 0 Å². The lowest BCUT2D eigenvalue weighted by Crippen LogP contribution is -2.31. The van der Waals surface area contributed by atoms with Crippen molar-refractivity contribution < 1.29 is 29.7 Å². The Morgan fingerprint density at radius 2 is 1.54 bits per heavy atom. The third-order valence-electron chi connectivity index (χ3n) is 3.83. The average molecular weight is 357 g/mol. The number of carbonyl (C=O) groups is 3. The predicted molar refractivity (Wildman–Crippen MR) is 94.1 cm³/mol. The number of para-hydroxylation sites is 1. The number of aliphatic carboxylic acids is 2. The van der Waals surface area contributed by atoms with Crippen LogP contribution in [0.5, 0.6) is 0 Å². The van der Waals surface area contributed by atoms with Crippen molar-refractivity contribution in [3.63, 3.8) is 0 Å². The Morgan fingerprint density at radius 3 is 2.15 bits per heavy atom. The van der Waals surface area contributed by atoms with Crippen molar-refractivity contribution in [2.24, 2.45) is 0 Å². The number of carboxylic acid groups (broad SMARTS) is 2. The van der Waals surface area contributed by atoms with E-state index in [9.17, 15) is 24.6 Å². The summed E-state index contributed by atoms with van der Waals surface area (Å²) in [5, 5.41) is 31.0. The molecule has 0 aromatic heterocycles. The van der Waals surface area contributed by atoms with Gasteiger partial charge in [0.05, 0.1) is 0 Å². The molecule has 4 N–H and O–H groups in total. The van der Waals surface area contributed by atoms with Crippen LogP contribution in [0.25, 0.3) is 0 Å². The van der Waals surface area contributed by atoms with Gasteiger partial charge in [-0.1, -0.05) is 42.5 Å². The lowest BCUT2D eigenvalue weighted by Gasteiger charge is -2.19. The number of Topliss-reactive ketones (excluding diaryl/α,β-unsaturated/α-hetero) is 1. The van der Waals surface area contributed by atoms with Crippen molar-refractivity contribution in [3.8, 4) is 0 Å². The number of carbonyl (C=O) groups excluding carboxylic acids is 1. The van der Waals surface area contributed by atoms with Gasteiger partial charge in [-0.05, 0) is 24.1 Å². The minimum atomic E-state index is -1.39. The van der Waals surface area contributed by atoms with Crippen LogP contribution in [0.2, 0.25) is 0 Å². The standard InChI is InChI=1S/C19H19NO6/c21-16(22)11-10-15(19(25)26)20-14-9-5-4-8-13(14)18(24)17(23)12-6-2-1-3-7-12/h1-9,15,17,20,23H,10-11H2,(H,21,22)(H,25,26)/t15-,17?/m1/s1. The number of ketones is 1. The van der Waals surface area contributed by atoms with E-state index in [1.807, 2.05) is 0 Å². The van der Waals surface area contributed by atoms with Crippen molar-refractivity contribution in [1.82, 2.24) is 0 Å². The molecule has 0 heterocycles. The first-order valence-electron chi connectivity index (χ1n) is 7.97. The molecule has 2 rings (SSSR count). The third-order valence-corrected chi connectivity index (χ3v) is 3.83. The molecule has 0 saturated carbocycles. The van der Waals surface area contributed by atoms with E-state index in [0.717, 1.165) is 0 Å². The topological polar surface area (TPSA) is 124 Å². The molecule has 26 heavy (non-hydrogen) atoms. The van der Waals surface area contributed by atoms with Crippen LogP contribution in [0.1, 0.15) is 34.9 Å². The zero-order valence-corrected chi connectivity index (χ0v) is 13.8. The number of hydrogen-bond donors (Lipinski definition) is 4. The van der Waals surface area contributed by atoms with E-state index in [0.29, 0.717) is 5.56 Å². The molecule has 0 aliphatic heterocycles. The van der Waals surface area contributed by atoms with Crippen LogP contribution in [-0.2, 0) is 9.59 Å². The Labute approximate surface area is 149 Å². The molecule has 7 heteroatoms. The maximum Gasteiger partial charge on any atom is 0.326 e. The highest BCUT2D eigenvalue weighted by Crippen LogP contribution is 2.24. The van der Waals surface area contributed by atoms with E-state index in [1.54, 1.807) is 42.5 Å². The van der Waals surface area contributed by atoms with Gasteiger partial charge in [-0.25, -0.2) is 4.79 Å². The second kappa shape index (κ2) is 8.77. The van der Waals surface area contributed by atoms with Gasteiger partial charge >= 0.3 is 11.9 Å². The Kier molecular flexibility index (Phi) is 6.46. The van der Waals surface area contributed by atoms with Crippen molar-refractivity contribution in [2.75, 3.05) is 5.32 Å². The SMILES string of the molecule is O=C(O)CC[C@@H](Nc1ccccc1C(=O)C(O)c1ccccc1)C(=O)O. The highest BCUT2D eigenvalue weighted by molar-refractivity contribution is 6.04. The van der Waals surface area contributed by atoms with E-state index < -0.39 is 29.9 Å². The van der Waals surface area contributed by atoms with E-state index in [-0.39, 0.29) is 24.1 Å². The molecule has 0 radical (unpaired) electrons. The number of anilines is 1. The molecule has 0 aliphatic carbocycles.